The van der Waals surface area contributed by atoms with Crippen molar-refractivity contribution in [3.63, 3.8) is 0 Å². The van der Waals surface area contributed by atoms with Gasteiger partial charge in [-0.05, 0) is 53.9 Å². The highest BCUT2D eigenvalue weighted by atomic mass is 19.1. The third kappa shape index (κ3) is 3.36. The van der Waals surface area contributed by atoms with Crippen LogP contribution in [0.25, 0.3) is 16.9 Å². The lowest BCUT2D eigenvalue weighted by Crippen LogP contribution is -2.15. The van der Waals surface area contributed by atoms with E-state index in [0.29, 0.717) is 28.2 Å². The van der Waals surface area contributed by atoms with Gasteiger partial charge in [-0.1, -0.05) is 13.8 Å². The number of aromatic amines is 1. The highest BCUT2D eigenvalue weighted by Crippen LogP contribution is 2.30. The number of imidazole rings is 1. The summed E-state index contributed by atoms with van der Waals surface area (Å²) in [7, 11) is 0. The summed E-state index contributed by atoms with van der Waals surface area (Å²) in [4.78, 5) is 19.2. The van der Waals surface area contributed by atoms with Crippen LogP contribution in [0.15, 0.2) is 59.5 Å². The zero-order chi connectivity index (χ0) is 20.5. The van der Waals surface area contributed by atoms with Gasteiger partial charge in [0.2, 0.25) is 0 Å². The van der Waals surface area contributed by atoms with Gasteiger partial charge in [-0.2, -0.15) is 5.26 Å². The van der Waals surface area contributed by atoms with Crippen molar-refractivity contribution in [2.75, 3.05) is 0 Å². The third-order valence-electron chi connectivity index (χ3n) is 4.61. The van der Waals surface area contributed by atoms with Crippen molar-refractivity contribution >= 4 is 11.2 Å². The average Bonchev–Trinajstić information content (AvgIpc) is 3.05. The SMILES string of the molecule is CC(C)c1cc(Oc2ccc(-n3c(=O)[nH]c4cccnc43)cc2F)ccc1C#N. The summed E-state index contributed by atoms with van der Waals surface area (Å²) < 4.78 is 21.7. The predicted molar refractivity (Wildman–Crippen MR) is 107 cm³/mol. The number of rotatable bonds is 4. The molecule has 0 unspecified atom stereocenters. The van der Waals surface area contributed by atoms with Crippen LogP contribution in [0.4, 0.5) is 4.39 Å². The molecule has 2 heterocycles. The molecule has 0 aliphatic heterocycles. The van der Waals surface area contributed by atoms with Crippen LogP contribution < -0.4 is 10.4 Å². The topological polar surface area (TPSA) is 83.7 Å². The normalized spacial score (nSPS) is 11.0. The quantitative estimate of drug-likeness (QED) is 0.552. The van der Waals surface area contributed by atoms with Gasteiger partial charge in [0, 0.05) is 12.3 Å². The Morgan fingerprint density at radius 1 is 1.21 bits per heavy atom. The fourth-order valence-electron chi connectivity index (χ4n) is 3.20. The molecule has 144 valence electrons. The molecule has 0 spiro atoms. The van der Waals surface area contributed by atoms with Crippen molar-refractivity contribution < 1.29 is 9.13 Å². The van der Waals surface area contributed by atoms with Gasteiger partial charge >= 0.3 is 5.69 Å². The Kier molecular flexibility index (Phi) is 4.61. The molecule has 0 aliphatic carbocycles. The molecule has 6 nitrogen and oxygen atoms in total. The molecule has 0 atom stereocenters. The van der Waals surface area contributed by atoms with Gasteiger partial charge in [-0.3, -0.25) is 0 Å². The van der Waals surface area contributed by atoms with E-state index in [0.717, 1.165) is 5.56 Å². The Hall–Kier alpha value is -3.92. The maximum absolute atomic E-state index is 14.7. The van der Waals surface area contributed by atoms with Crippen LogP contribution in [-0.2, 0) is 0 Å². The molecule has 0 aliphatic rings. The molecule has 2 aromatic carbocycles. The van der Waals surface area contributed by atoms with Crippen molar-refractivity contribution in [2.45, 2.75) is 19.8 Å². The number of nitriles is 1. The van der Waals surface area contributed by atoms with Gasteiger partial charge in [0.15, 0.2) is 17.2 Å². The van der Waals surface area contributed by atoms with Gasteiger partial charge in [-0.25, -0.2) is 18.7 Å². The van der Waals surface area contributed by atoms with Gasteiger partial charge < -0.3 is 9.72 Å². The minimum absolute atomic E-state index is 0.0222. The molecule has 0 bridgehead atoms. The number of aromatic nitrogens is 3. The lowest BCUT2D eigenvalue weighted by Gasteiger charge is -2.12. The van der Waals surface area contributed by atoms with Crippen LogP contribution >= 0.6 is 0 Å². The van der Waals surface area contributed by atoms with E-state index in [2.05, 4.69) is 16.0 Å². The Bertz CT molecular complexity index is 1310. The Labute approximate surface area is 165 Å². The summed E-state index contributed by atoms with van der Waals surface area (Å²) in [6, 6.07) is 14.9. The van der Waals surface area contributed by atoms with Gasteiger partial charge in [-0.15, -0.1) is 0 Å². The first-order valence-corrected chi connectivity index (χ1v) is 9.05. The molecule has 4 rings (SSSR count). The van der Waals surface area contributed by atoms with Gasteiger partial charge in [0.1, 0.15) is 5.75 Å². The standard InChI is InChI=1S/C22H17FN4O2/c1-13(2)17-11-16(7-5-14(17)12-24)29-20-8-6-15(10-18(20)23)27-21-19(26-22(27)28)4-3-9-25-21/h3-11,13H,1-2H3,(H,26,28). The fraction of sp³-hybridized carbons (Fsp3) is 0.136. The number of nitrogens with zero attached hydrogens (tertiary/aromatic N) is 3. The first kappa shape index (κ1) is 18.4. The monoisotopic (exact) mass is 388 g/mol. The summed E-state index contributed by atoms with van der Waals surface area (Å²) in [6.07, 6.45) is 1.57. The number of halogens is 1. The Balaban J connectivity index is 1.70. The first-order valence-electron chi connectivity index (χ1n) is 9.05. The molecule has 0 radical (unpaired) electrons. The smallest absolute Gasteiger partial charge is 0.332 e. The van der Waals surface area contributed by atoms with Crippen LogP contribution in [-0.4, -0.2) is 14.5 Å². The molecular weight excluding hydrogens is 371 g/mol. The maximum atomic E-state index is 14.7. The van der Waals surface area contributed by atoms with Gasteiger partial charge in [0.05, 0.1) is 22.8 Å². The van der Waals surface area contributed by atoms with E-state index in [1.165, 1.54) is 16.7 Å². The lowest BCUT2D eigenvalue weighted by atomic mass is 9.98. The Morgan fingerprint density at radius 2 is 2.03 bits per heavy atom. The van der Waals surface area contributed by atoms with E-state index in [9.17, 15) is 14.4 Å². The predicted octanol–water partition coefficient (Wildman–Crippen LogP) is 4.64. The van der Waals surface area contributed by atoms with Crippen LogP contribution in [0.2, 0.25) is 0 Å². The van der Waals surface area contributed by atoms with Crippen LogP contribution in [0.1, 0.15) is 30.9 Å². The van der Waals surface area contributed by atoms with E-state index in [1.807, 2.05) is 13.8 Å². The highest BCUT2D eigenvalue weighted by Gasteiger charge is 2.14. The molecule has 0 saturated heterocycles. The zero-order valence-electron chi connectivity index (χ0n) is 15.8. The molecular formula is C22H17FN4O2. The molecule has 0 fully saturated rings. The number of pyridine rings is 1. The van der Waals surface area contributed by atoms with E-state index < -0.39 is 11.5 Å². The number of fused-ring (bicyclic) bond motifs is 1. The largest absolute Gasteiger partial charge is 0.454 e. The molecule has 0 saturated carbocycles. The fourth-order valence-corrected chi connectivity index (χ4v) is 3.20. The minimum Gasteiger partial charge on any atom is -0.454 e. The molecule has 29 heavy (non-hydrogen) atoms. The minimum atomic E-state index is -0.616. The molecule has 0 amide bonds. The highest BCUT2D eigenvalue weighted by molar-refractivity contribution is 5.72. The second kappa shape index (κ2) is 7.24. The van der Waals surface area contributed by atoms with Crippen LogP contribution in [0.3, 0.4) is 0 Å². The van der Waals surface area contributed by atoms with E-state index in [4.69, 9.17) is 4.74 Å². The summed E-state index contributed by atoms with van der Waals surface area (Å²) in [5.74, 6) is -0.0314. The number of benzene rings is 2. The Morgan fingerprint density at radius 3 is 2.76 bits per heavy atom. The number of hydrogen-bond donors (Lipinski definition) is 1. The van der Waals surface area contributed by atoms with Crippen molar-refractivity contribution in [3.05, 3.63) is 82.2 Å². The number of ether oxygens (including phenoxy) is 1. The molecule has 2 aromatic heterocycles. The summed E-state index contributed by atoms with van der Waals surface area (Å²) in [6.45, 7) is 3.95. The molecule has 1 N–H and O–H groups in total. The van der Waals surface area contributed by atoms with E-state index >= 15 is 0 Å². The number of nitrogens with one attached hydrogen (secondary N) is 1. The van der Waals surface area contributed by atoms with Crippen LogP contribution in [0, 0.1) is 17.1 Å². The summed E-state index contributed by atoms with van der Waals surface area (Å²) in [5.41, 5.74) is 2.32. The molecule has 7 heteroatoms. The van der Waals surface area contributed by atoms with Crippen molar-refractivity contribution in [2.24, 2.45) is 0 Å². The van der Waals surface area contributed by atoms with Crippen molar-refractivity contribution in [1.29, 1.82) is 5.26 Å². The molecule has 4 aromatic rings. The zero-order valence-corrected chi connectivity index (χ0v) is 15.8. The average molecular weight is 388 g/mol. The van der Waals surface area contributed by atoms with Crippen molar-refractivity contribution in [3.8, 4) is 23.3 Å². The second-order valence-corrected chi connectivity index (χ2v) is 6.87. The lowest BCUT2D eigenvalue weighted by molar-refractivity contribution is 0.441. The van der Waals surface area contributed by atoms with Gasteiger partial charge in [0.25, 0.3) is 0 Å². The summed E-state index contributed by atoms with van der Waals surface area (Å²) in [5, 5.41) is 9.22. The van der Waals surface area contributed by atoms with E-state index in [1.54, 1.807) is 42.6 Å². The van der Waals surface area contributed by atoms with E-state index in [-0.39, 0.29) is 11.7 Å². The second-order valence-electron chi connectivity index (χ2n) is 6.87. The van der Waals surface area contributed by atoms with Crippen molar-refractivity contribution in [1.82, 2.24) is 14.5 Å². The first-order chi connectivity index (χ1) is 14.0. The number of H-pyrrole nitrogens is 1. The maximum Gasteiger partial charge on any atom is 0.332 e. The third-order valence-corrected chi connectivity index (χ3v) is 4.61. The van der Waals surface area contributed by atoms with Crippen LogP contribution in [0.5, 0.6) is 11.5 Å². The number of hydrogen-bond acceptors (Lipinski definition) is 4. The summed E-state index contributed by atoms with van der Waals surface area (Å²) >= 11 is 0.